The predicted octanol–water partition coefficient (Wildman–Crippen LogP) is 4.26. The first-order chi connectivity index (χ1) is 17.4. The Balaban J connectivity index is -0.00000612. The second-order valence-corrected chi connectivity index (χ2v) is 9.48. The lowest BCUT2D eigenvalue weighted by atomic mass is 10.00. The summed E-state index contributed by atoms with van der Waals surface area (Å²) in [6, 6.07) is 0. The molecule has 0 radical (unpaired) electrons. The maximum absolute atomic E-state index is 5.93. The molecule has 0 unspecified atom stereocenters. The number of hydrogen-bond donors (Lipinski definition) is 6. The van der Waals surface area contributed by atoms with Crippen molar-refractivity contribution < 1.29 is 0 Å². The summed E-state index contributed by atoms with van der Waals surface area (Å²) in [5, 5.41) is 5.76. The molecule has 0 fully saturated rings. The number of nitrogens with zero attached hydrogens (tertiary/aromatic N) is 4. The van der Waals surface area contributed by atoms with E-state index in [0.29, 0.717) is 48.8 Å². The topological polar surface area (TPSA) is 178 Å². The fourth-order valence-corrected chi connectivity index (χ4v) is 3.69. The molecular weight excluding hydrogens is 523 g/mol. The molecule has 12 heteroatoms. The largest absolute Gasteiger partial charge is 0.370 e. The van der Waals surface area contributed by atoms with E-state index in [2.05, 4.69) is 58.3 Å². The van der Waals surface area contributed by atoms with Gasteiger partial charge < -0.3 is 22.9 Å². The number of halogens is 2. The molecule has 2 atom stereocenters. The number of nitrogens with two attached hydrogens (primary N) is 4. The van der Waals surface area contributed by atoms with Crippen LogP contribution < -0.4 is 33.6 Å². The Morgan fingerprint density at radius 3 is 1.18 bits per heavy atom. The maximum Gasteiger partial charge on any atom is 0.195 e. The van der Waals surface area contributed by atoms with E-state index in [9.17, 15) is 0 Å². The lowest BCUT2D eigenvalue weighted by Crippen LogP contribution is -2.42. The van der Waals surface area contributed by atoms with E-state index in [1.807, 2.05) is 0 Å². The summed E-state index contributed by atoms with van der Waals surface area (Å²) in [5.41, 5.74) is 23.7. The van der Waals surface area contributed by atoms with Gasteiger partial charge in [0.1, 0.15) is 0 Å². The first kappa shape index (κ1) is 40.6. The molecule has 0 aliphatic rings. The Kier molecular flexibility index (Phi) is 30.0. The number of hydrogen-bond acceptors (Lipinski definition) is 4. The number of rotatable bonds is 19. The van der Waals surface area contributed by atoms with E-state index >= 15 is 0 Å². The van der Waals surface area contributed by atoms with Gasteiger partial charge in [0.2, 0.25) is 0 Å². The van der Waals surface area contributed by atoms with Crippen molar-refractivity contribution in [2.75, 3.05) is 26.2 Å². The first-order valence-electron chi connectivity index (χ1n) is 14.1. The molecule has 0 saturated heterocycles. The molecule has 226 valence electrons. The van der Waals surface area contributed by atoms with Gasteiger partial charge in [0, 0.05) is 26.2 Å². The molecule has 10 N–H and O–H groups in total. The molecule has 0 aromatic rings. The highest BCUT2D eigenvalue weighted by Crippen LogP contribution is 2.13. The van der Waals surface area contributed by atoms with Gasteiger partial charge in [-0.25, -0.2) is 0 Å². The molecule has 0 bridgehead atoms. The molecule has 10 nitrogen and oxygen atoms in total. The van der Waals surface area contributed by atoms with Crippen molar-refractivity contribution in [2.24, 2.45) is 54.7 Å². The zero-order chi connectivity index (χ0) is 27.0. The monoisotopic (exact) mass is 580 g/mol. The van der Waals surface area contributed by atoms with Gasteiger partial charge in [0.25, 0.3) is 0 Å². The normalized spacial score (nSPS) is 14.3. The molecule has 38 heavy (non-hydrogen) atoms. The number of aliphatic imine (C=N–C) groups is 4. The van der Waals surface area contributed by atoms with Crippen molar-refractivity contribution in [3.63, 3.8) is 0 Å². The average Bonchev–Trinajstić information content (AvgIpc) is 2.85. The highest BCUT2D eigenvalue weighted by atomic mass is 35.5. The van der Waals surface area contributed by atoms with Crippen molar-refractivity contribution >= 4 is 48.7 Å². The molecule has 0 rings (SSSR count). The van der Waals surface area contributed by atoms with E-state index in [1.165, 1.54) is 38.5 Å². The van der Waals surface area contributed by atoms with Gasteiger partial charge in [-0.2, -0.15) is 0 Å². The van der Waals surface area contributed by atoms with E-state index < -0.39 is 0 Å². The van der Waals surface area contributed by atoms with E-state index in [4.69, 9.17) is 22.9 Å². The summed E-state index contributed by atoms with van der Waals surface area (Å²) in [4.78, 5) is 17.5. The third-order valence-electron chi connectivity index (χ3n) is 6.27. The van der Waals surface area contributed by atoms with Crippen LogP contribution in [0.4, 0.5) is 0 Å². The van der Waals surface area contributed by atoms with Gasteiger partial charge in [-0.3, -0.25) is 30.6 Å². The van der Waals surface area contributed by atoms with Gasteiger partial charge in [-0.05, 0) is 37.5 Å². The van der Waals surface area contributed by atoms with Crippen LogP contribution in [0, 0.1) is 11.8 Å². The molecule has 0 amide bonds. The lowest BCUT2D eigenvalue weighted by Gasteiger charge is -2.12. The van der Waals surface area contributed by atoms with Crippen LogP contribution in [0.3, 0.4) is 0 Å². The van der Waals surface area contributed by atoms with Crippen molar-refractivity contribution in [2.45, 2.75) is 105 Å². The predicted molar refractivity (Wildman–Crippen MR) is 172 cm³/mol. The average molecular weight is 582 g/mol. The first-order valence-corrected chi connectivity index (χ1v) is 14.1. The van der Waals surface area contributed by atoms with Crippen LogP contribution in [0.15, 0.2) is 20.0 Å². The molecule has 0 heterocycles. The van der Waals surface area contributed by atoms with E-state index in [0.717, 1.165) is 51.6 Å². The van der Waals surface area contributed by atoms with Crippen LogP contribution in [0.1, 0.15) is 105 Å². The van der Waals surface area contributed by atoms with Crippen LogP contribution in [-0.4, -0.2) is 50.0 Å². The highest BCUT2D eigenvalue weighted by molar-refractivity contribution is 5.97. The molecule has 0 aliphatic heterocycles. The third kappa shape index (κ3) is 24.4. The van der Waals surface area contributed by atoms with Crippen LogP contribution in [-0.2, 0) is 0 Å². The van der Waals surface area contributed by atoms with Gasteiger partial charge >= 0.3 is 0 Å². The van der Waals surface area contributed by atoms with E-state index in [1.54, 1.807) is 0 Å². The SMILES string of the molecule is CCCC[C@H](CC)CN=C(N)NC(N)=NCCCCCCN=C(N)NC(N)=NC[C@@H](CC)CCCC.Cl.Cl. The van der Waals surface area contributed by atoms with Crippen LogP contribution in [0.25, 0.3) is 0 Å². The summed E-state index contributed by atoms with van der Waals surface area (Å²) < 4.78 is 0. The number of unbranched alkanes of at least 4 members (excludes halogenated alkanes) is 5. The molecule has 0 aromatic heterocycles. The second kappa shape index (κ2) is 28.1. The summed E-state index contributed by atoms with van der Waals surface area (Å²) in [7, 11) is 0. The van der Waals surface area contributed by atoms with Gasteiger partial charge in [-0.1, -0.05) is 79.1 Å². The minimum atomic E-state index is 0. The van der Waals surface area contributed by atoms with Gasteiger partial charge in [0.05, 0.1) is 0 Å². The maximum atomic E-state index is 5.93. The second-order valence-electron chi connectivity index (χ2n) is 9.48. The molecule has 0 aliphatic carbocycles. The van der Waals surface area contributed by atoms with Crippen molar-refractivity contribution in [1.29, 1.82) is 0 Å². The smallest absolute Gasteiger partial charge is 0.195 e. The van der Waals surface area contributed by atoms with Crippen LogP contribution in [0.2, 0.25) is 0 Å². The molecular formula is C26H58Cl2N10. The minimum absolute atomic E-state index is 0. The number of nitrogens with one attached hydrogen (secondary N) is 2. The molecule has 0 spiro atoms. The Bertz CT molecular complexity index is 612. The Labute approximate surface area is 244 Å². The quantitative estimate of drug-likeness (QED) is 0.0754. The zero-order valence-electron chi connectivity index (χ0n) is 24.4. The minimum Gasteiger partial charge on any atom is -0.370 e. The number of guanidine groups is 4. The van der Waals surface area contributed by atoms with Crippen LogP contribution in [0.5, 0.6) is 0 Å². The van der Waals surface area contributed by atoms with Gasteiger partial charge in [-0.15, -0.1) is 24.8 Å². The van der Waals surface area contributed by atoms with Gasteiger partial charge in [0.15, 0.2) is 23.8 Å². The fourth-order valence-electron chi connectivity index (χ4n) is 3.69. The van der Waals surface area contributed by atoms with Crippen molar-refractivity contribution in [3.05, 3.63) is 0 Å². The zero-order valence-corrected chi connectivity index (χ0v) is 26.0. The Morgan fingerprint density at radius 1 is 0.526 bits per heavy atom. The van der Waals surface area contributed by atoms with Crippen molar-refractivity contribution in [1.82, 2.24) is 10.6 Å². The fraction of sp³-hybridized carbons (Fsp3) is 0.846. The molecule has 0 aromatic carbocycles. The van der Waals surface area contributed by atoms with Crippen molar-refractivity contribution in [3.8, 4) is 0 Å². The highest BCUT2D eigenvalue weighted by Gasteiger charge is 2.06. The lowest BCUT2D eigenvalue weighted by molar-refractivity contribution is 0.462. The van der Waals surface area contributed by atoms with E-state index in [-0.39, 0.29) is 24.8 Å². The third-order valence-corrected chi connectivity index (χ3v) is 6.27. The summed E-state index contributed by atoms with van der Waals surface area (Å²) >= 11 is 0. The summed E-state index contributed by atoms with van der Waals surface area (Å²) in [6.45, 7) is 11.5. The Hall–Kier alpha value is -1.94. The molecule has 0 saturated carbocycles. The summed E-state index contributed by atoms with van der Waals surface area (Å²) in [6.07, 6.45) is 13.4. The Morgan fingerprint density at radius 2 is 0.868 bits per heavy atom. The van der Waals surface area contributed by atoms with Crippen LogP contribution >= 0.6 is 24.8 Å². The summed E-state index contributed by atoms with van der Waals surface area (Å²) in [5.74, 6) is 2.44. The standard InChI is InChI=1S/C26H56N10.2ClH/c1-5-9-15-21(7-3)19-33-25(29)35-23(27)31-17-13-11-12-14-18-32-24(28)36-26(30)34-20-22(8-4)16-10-6-2;;/h21-22H,5-20H2,1-4H3,(H5,27,29,31,33,35)(H5,28,30,32,34,36);2*1H/t21-,22-;;/m0../s1.